The second kappa shape index (κ2) is 2.60. The van der Waals surface area contributed by atoms with Crippen LogP contribution < -0.4 is 5.69 Å². The lowest BCUT2D eigenvalue weighted by Crippen LogP contribution is -2.34. The molecule has 14 heavy (non-hydrogen) atoms. The SMILES string of the molecule is CC(C)(C)n1nc2nncnn2c1=O. The molecule has 2 aromatic rings. The third-order valence-electron chi connectivity index (χ3n) is 1.74. The molecule has 0 radical (unpaired) electrons. The second-order valence-electron chi connectivity index (χ2n) is 3.92. The zero-order valence-corrected chi connectivity index (χ0v) is 8.17. The van der Waals surface area contributed by atoms with E-state index in [9.17, 15) is 4.79 Å². The number of rotatable bonds is 0. The molecule has 0 bridgehead atoms. The van der Waals surface area contributed by atoms with Crippen LogP contribution in [0.25, 0.3) is 5.78 Å². The van der Waals surface area contributed by atoms with Gasteiger partial charge in [0.05, 0.1) is 5.54 Å². The van der Waals surface area contributed by atoms with Gasteiger partial charge in [-0.2, -0.15) is 0 Å². The topological polar surface area (TPSA) is 78.0 Å². The van der Waals surface area contributed by atoms with E-state index in [4.69, 9.17) is 0 Å². The fraction of sp³-hybridized carbons (Fsp3) is 0.571. The molecule has 0 fully saturated rings. The highest BCUT2D eigenvalue weighted by Gasteiger charge is 2.20. The van der Waals surface area contributed by atoms with E-state index in [0.29, 0.717) is 0 Å². The van der Waals surface area contributed by atoms with Crippen molar-refractivity contribution in [2.75, 3.05) is 0 Å². The molecule has 2 heterocycles. The molecule has 74 valence electrons. The van der Waals surface area contributed by atoms with Crippen LogP contribution in [0.1, 0.15) is 20.8 Å². The normalized spacial score (nSPS) is 12.2. The molecule has 2 rings (SSSR count). The molecule has 0 saturated carbocycles. The van der Waals surface area contributed by atoms with Gasteiger partial charge in [0.15, 0.2) is 6.33 Å². The summed E-state index contributed by atoms with van der Waals surface area (Å²) in [5, 5.41) is 15.0. The summed E-state index contributed by atoms with van der Waals surface area (Å²) < 4.78 is 2.46. The van der Waals surface area contributed by atoms with Gasteiger partial charge in [0, 0.05) is 0 Å². The van der Waals surface area contributed by atoms with Crippen LogP contribution in [0.4, 0.5) is 0 Å². The van der Waals surface area contributed by atoms with Crippen LogP contribution in [0.3, 0.4) is 0 Å². The minimum absolute atomic E-state index is 0.215. The molecular formula is C7H10N6O. The standard InChI is InChI=1S/C7H10N6O/c1-7(2,3)13-6(14)12-5(11-13)10-8-4-9-12/h4H,1-3H3. The summed E-state index contributed by atoms with van der Waals surface area (Å²) in [6, 6.07) is 0. The van der Waals surface area contributed by atoms with Gasteiger partial charge >= 0.3 is 5.69 Å². The first-order valence-electron chi connectivity index (χ1n) is 4.16. The minimum Gasteiger partial charge on any atom is -0.244 e. The van der Waals surface area contributed by atoms with Crippen molar-refractivity contribution in [3.63, 3.8) is 0 Å². The Kier molecular flexibility index (Phi) is 1.63. The third-order valence-corrected chi connectivity index (χ3v) is 1.74. The van der Waals surface area contributed by atoms with Gasteiger partial charge in [-0.3, -0.25) is 0 Å². The van der Waals surface area contributed by atoms with E-state index >= 15 is 0 Å². The fourth-order valence-electron chi connectivity index (χ4n) is 1.10. The zero-order valence-electron chi connectivity index (χ0n) is 8.17. The summed E-state index contributed by atoms with van der Waals surface area (Å²) in [6.45, 7) is 5.65. The van der Waals surface area contributed by atoms with Crippen LogP contribution in [0, 0.1) is 0 Å². The van der Waals surface area contributed by atoms with Crippen molar-refractivity contribution in [2.45, 2.75) is 26.3 Å². The Morgan fingerprint density at radius 2 is 2.07 bits per heavy atom. The number of nitrogens with zero attached hydrogens (tertiary/aromatic N) is 6. The first-order chi connectivity index (χ1) is 6.50. The van der Waals surface area contributed by atoms with Gasteiger partial charge in [-0.05, 0) is 20.8 Å². The first-order valence-corrected chi connectivity index (χ1v) is 4.16. The van der Waals surface area contributed by atoms with Crippen LogP contribution >= 0.6 is 0 Å². The summed E-state index contributed by atoms with van der Waals surface area (Å²) >= 11 is 0. The molecule has 0 saturated heterocycles. The average Bonchev–Trinajstić information content (AvgIpc) is 2.44. The van der Waals surface area contributed by atoms with Crippen LogP contribution in [0.2, 0.25) is 0 Å². The van der Waals surface area contributed by atoms with E-state index < -0.39 is 0 Å². The van der Waals surface area contributed by atoms with Crippen molar-refractivity contribution in [3.8, 4) is 0 Å². The van der Waals surface area contributed by atoms with E-state index in [1.54, 1.807) is 0 Å². The predicted octanol–water partition coefficient (Wildman–Crippen LogP) is -0.564. The number of hydrogen-bond donors (Lipinski definition) is 0. The van der Waals surface area contributed by atoms with Crippen molar-refractivity contribution in [2.24, 2.45) is 0 Å². The molecule has 0 N–H and O–H groups in total. The fourth-order valence-corrected chi connectivity index (χ4v) is 1.10. The van der Waals surface area contributed by atoms with Crippen molar-refractivity contribution >= 4 is 5.78 Å². The Hall–Kier alpha value is -1.79. The maximum atomic E-state index is 11.7. The maximum absolute atomic E-state index is 11.7. The quantitative estimate of drug-likeness (QED) is 0.561. The molecule has 0 amide bonds. The summed E-state index contributed by atoms with van der Waals surface area (Å²) in [6.07, 6.45) is 1.21. The Balaban J connectivity index is 2.82. The van der Waals surface area contributed by atoms with Crippen molar-refractivity contribution in [1.82, 2.24) is 29.6 Å². The van der Waals surface area contributed by atoms with E-state index in [0.717, 1.165) is 4.52 Å². The van der Waals surface area contributed by atoms with Crippen LogP contribution in [0.15, 0.2) is 11.1 Å². The Bertz CT molecular complexity index is 519. The summed E-state index contributed by atoms with van der Waals surface area (Å²) in [5.41, 5.74) is -0.686. The Labute approximate surface area is 79.4 Å². The number of hydrogen-bond acceptors (Lipinski definition) is 5. The third kappa shape index (κ3) is 1.17. The molecule has 0 unspecified atom stereocenters. The van der Waals surface area contributed by atoms with Gasteiger partial charge in [-0.15, -0.1) is 24.9 Å². The van der Waals surface area contributed by atoms with E-state index in [2.05, 4.69) is 20.4 Å². The predicted molar refractivity (Wildman–Crippen MR) is 47.8 cm³/mol. The van der Waals surface area contributed by atoms with Crippen LogP contribution in [-0.4, -0.2) is 29.6 Å². The molecule has 0 aliphatic carbocycles. The minimum atomic E-state index is -0.382. The van der Waals surface area contributed by atoms with Crippen LogP contribution in [0.5, 0.6) is 0 Å². The van der Waals surface area contributed by atoms with Gasteiger partial charge in [-0.1, -0.05) is 0 Å². The van der Waals surface area contributed by atoms with Gasteiger partial charge in [0.2, 0.25) is 0 Å². The monoisotopic (exact) mass is 194 g/mol. The van der Waals surface area contributed by atoms with E-state index in [1.807, 2.05) is 20.8 Å². The number of aromatic nitrogens is 6. The zero-order chi connectivity index (χ0) is 10.3. The maximum Gasteiger partial charge on any atom is 0.369 e. The van der Waals surface area contributed by atoms with Crippen molar-refractivity contribution in [1.29, 1.82) is 0 Å². The van der Waals surface area contributed by atoms with Gasteiger partial charge < -0.3 is 0 Å². The van der Waals surface area contributed by atoms with E-state index in [-0.39, 0.29) is 17.0 Å². The largest absolute Gasteiger partial charge is 0.369 e. The molecule has 7 nitrogen and oxygen atoms in total. The lowest BCUT2D eigenvalue weighted by molar-refractivity contribution is 0.343. The molecule has 0 aromatic carbocycles. The van der Waals surface area contributed by atoms with Crippen LogP contribution in [-0.2, 0) is 5.54 Å². The highest BCUT2D eigenvalue weighted by molar-refractivity contribution is 5.19. The summed E-state index contributed by atoms with van der Waals surface area (Å²) in [7, 11) is 0. The first kappa shape index (κ1) is 8.79. The summed E-state index contributed by atoms with van der Waals surface area (Å²) in [4.78, 5) is 11.7. The van der Waals surface area contributed by atoms with Crippen molar-refractivity contribution in [3.05, 3.63) is 16.8 Å². The molecule has 7 heteroatoms. The molecule has 0 aliphatic rings. The van der Waals surface area contributed by atoms with Crippen molar-refractivity contribution < 1.29 is 0 Å². The lowest BCUT2D eigenvalue weighted by atomic mass is 10.1. The highest BCUT2D eigenvalue weighted by Crippen LogP contribution is 2.08. The summed E-state index contributed by atoms with van der Waals surface area (Å²) in [5.74, 6) is 0.215. The van der Waals surface area contributed by atoms with Gasteiger partial charge in [0.1, 0.15) is 0 Å². The Morgan fingerprint density at radius 1 is 1.36 bits per heavy atom. The average molecular weight is 194 g/mol. The molecule has 0 atom stereocenters. The van der Waals surface area contributed by atoms with Gasteiger partial charge in [-0.25, -0.2) is 9.48 Å². The second-order valence-corrected chi connectivity index (χ2v) is 3.92. The molecule has 0 spiro atoms. The highest BCUT2D eigenvalue weighted by atomic mass is 16.2. The molecule has 2 aromatic heterocycles. The van der Waals surface area contributed by atoms with E-state index in [1.165, 1.54) is 11.0 Å². The van der Waals surface area contributed by atoms with Gasteiger partial charge in [0.25, 0.3) is 5.78 Å². The number of fused-ring (bicyclic) bond motifs is 1. The lowest BCUT2D eigenvalue weighted by Gasteiger charge is -2.16. The molecule has 0 aliphatic heterocycles. The smallest absolute Gasteiger partial charge is 0.244 e. The molecular weight excluding hydrogens is 184 g/mol. The Morgan fingerprint density at radius 3 is 2.64 bits per heavy atom.